The lowest BCUT2D eigenvalue weighted by Crippen LogP contribution is -2.26. The monoisotopic (exact) mass is 288 g/mol. The van der Waals surface area contributed by atoms with Crippen LogP contribution in [0.15, 0.2) is 29.0 Å². The van der Waals surface area contributed by atoms with Gasteiger partial charge in [0.15, 0.2) is 23.1 Å². The van der Waals surface area contributed by atoms with Crippen LogP contribution < -0.4 is 4.74 Å². The van der Waals surface area contributed by atoms with Gasteiger partial charge in [-0.3, -0.25) is 9.59 Å². The summed E-state index contributed by atoms with van der Waals surface area (Å²) in [6, 6.07) is 1.11. The Labute approximate surface area is 119 Å². The Morgan fingerprint density at radius 1 is 1.19 bits per heavy atom. The smallest absolute Gasteiger partial charge is 0.198 e. The number of fused-ring (bicyclic) bond motifs is 1. The Kier molecular flexibility index (Phi) is 2.76. The molecule has 0 saturated carbocycles. The van der Waals surface area contributed by atoms with Gasteiger partial charge >= 0.3 is 0 Å². The van der Waals surface area contributed by atoms with Crippen LogP contribution in [0.4, 0.5) is 0 Å². The van der Waals surface area contributed by atoms with Gasteiger partial charge in [0.2, 0.25) is 0 Å². The molecule has 21 heavy (non-hydrogen) atoms. The molecular weight excluding hydrogens is 276 g/mol. The van der Waals surface area contributed by atoms with Crippen molar-refractivity contribution in [2.24, 2.45) is 0 Å². The van der Waals surface area contributed by atoms with Crippen LogP contribution in [0.5, 0.6) is 17.2 Å². The van der Waals surface area contributed by atoms with Crippen molar-refractivity contribution in [1.82, 2.24) is 0 Å². The number of hydrogen-bond donors (Lipinski definition) is 2. The normalized spacial score (nSPS) is 17.0. The number of carbonyl (C=O) groups excluding carboxylic acids is 2. The topological polar surface area (TPSA) is 93.1 Å². The predicted octanol–water partition coefficient (Wildman–Crippen LogP) is 1.72. The minimum absolute atomic E-state index is 0.0338. The first kappa shape index (κ1) is 13.2. The lowest BCUT2D eigenvalue weighted by Gasteiger charge is -2.25. The van der Waals surface area contributed by atoms with E-state index in [0.717, 1.165) is 6.07 Å². The molecule has 108 valence electrons. The number of allylic oxidation sites excluding steroid dienone is 3. The van der Waals surface area contributed by atoms with Gasteiger partial charge in [-0.25, -0.2) is 0 Å². The molecule has 1 aliphatic carbocycles. The molecule has 6 nitrogen and oxygen atoms in total. The lowest BCUT2D eigenvalue weighted by molar-refractivity contribution is 0.0947. The van der Waals surface area contributed by atoms with Crippen LogP contribution in [-0.4, -0.2) is 35.5 Å². The molecule has 0 aromatic heterocycles. The average Bonchev–Trinajstić information content (AvgIpc) is 2.46. The van der Waals surface area contributed by atoms with Gasteiger partial charge in [-0.15, -0.1) is 0 Å². The van der Waals surface area contributed by atoms with Gasteiger partial charge in [0.1, 0.15) is 12.4 Å². The van der Waals surface area contributed by atoms with E-state index in [1.165, 1.54) is 13.2 Å². The van der Waals surface area contributed by atoms with Gasteiger partial charge in [0.05, 0.1) is 24.0 Å². The van der Waals surface area contributed by atoms with E-state index < -0.39 is 23.1 Å². The molecule has 0 unspecified atom stereocenters. The van der Waals surface area contributed by atoms with Crippen molar-refractivity contribution in [3.8, 4) is 17.2 Å². The van der Waals surface area contributed by atoms with Crippen molar-refractivity contribution in [3.05, 3.63) is 40.2 Å². The molecule has 0 atom stereocenters. The van der Waals surface area contributed by atoms with Gasteiger partial charge in [-0.1, -0.05) is 0 Å². The molecule has 0 bridgehead atoms. The maximum absolute atomic E-state index is 12.5. The summed E-state index contributed by atoms with van der Waals surface area (Å²) >= 11 is 0. The van der Waals surface area contributed by atoms with E-state index in [0.29, 0.717) is 5.76 Å². The lowest BCUT2D eigenvalue weighted by atomic mass is 9.82. The van der Waals surface area contributed by atoms with Crippen LogP contribution in [0.3, 0.4) is 0 Å². The third-order valence-electron chi connectivity index (χ3n) is 3.55. The summed E-state index contributed by atoms with van der Waals surface area (Å²) in [5.74, 6) is -1.48. The van der Waals surface area contributed by atoms with Crippen molar-refractivity contribution in [2.75, 3.05) is 13.7 Å². The van der Waals surface area contributed by atoms with E-state index in [1.54, 1.807) is 6.92 Å². The number of carbonyl (C=O) groups is 2. The van der Waals surface area contributed by atoms with Gasteiger partial charge in [0, 0.05) is 17.2 Å². The molecule has 0 fully saturated rings. The van der Waals surface area contributed by atoms with Gasteiger partial charge in [-0.2, -0.15) is 0 Å². The number of rotatable bonds is 1. The number of phenols is 2. The van der Waals surface area contributed by atoms with E-state index in [2.05, 4.69) is 0 Å². The molecule has 2 aliphatic rings. The van der Waals surface area contributed by atoms with E-state index in [4.69, 9.17) is 9.47 Å². The molecule has 3 rings (SSSR count). The summed E-state index contributed by atoms with van der Waals surface area (Å²) in [5.41, 5.74) is -0.0904. The zero-order valence-electron chi connectivity index (χ0n) is 11.4. The van der Waals surface area contributed by atoms with Crippen molar-refractivity contribution >= 4 is 11.6 Å². The second-order valence-corrected chi connectivity index (χ2v) is 4.79. The van der Waals surface area contributed by atoms with Crippen LogP contribution in [0.2, 0.25) is 0 Å². The summed E-state index contributed by atoms with van der Waals surface area (Å²) < 4.78 is 10.2. The fourth-order valence-corrected chi connectivity index (χ4v) is 2.51. The van der Waals surface area contributed by atoms with Crippen LogP contribution >= 0.6 is 0 Å². The number of ketones is 2. The molecule has 1 aromatic carbocycles. The van der Waals surface area contributed by atoms with Crippen LogP contribution in [0.1, 0.15) is 27.6 Å². The average molecular weight is 288 g/mol. The highest BCUT2D eigenvalue weighted by molar-refractivity contribution is 6.30. The third-order valence-corrected chi connectivity index (χ3v) is 3.55. The van der Waals surface area contributed by atoms with E-state index in [-0.39, 0.29) is 34.6 Å². The highest BCUT2D eigenvalue weighted by atomic mass is 16.5. The summed E-state index contributed by atoms with van der Waals surface area (Å²) in [4.78, 5) is 25.0. The molecule has 0 amide bonds. The van der Waals surface area contributed by atoms with Crippen LogP contribution in [0.25, 0.3) is 0 Å². The summed E-state index contributed by atoms with van der Waals surface area (Å²) in [7, 11) is 1.29. The second kappa shape index (κ2) is 4.37. The Hall–Kier alpha value is -2.76. The first-order valence-electron chi connectivity index (χ1n) is 6.22. The molecule has 6 heteroatoms. The van der Waals surface area contributed by atoms with Crippen molar-refractivity contribution in [3.63, 3.8) is 0 Å². The molecule has 1 aliphatic heterocycles. The molecular formula is C15H12O6. The van der Waals surface area contributed by atoms with Crippen LogP contribution in [0, 0.1) is 0 Å². The maximum atomic E-state index is 12.5. The van der Waals surface area contributed by atoms with Crippen LogP contribution in [-0.2, 0) is 4.74 Å². The van der Waals surface area contributed by atoms with E-state index >= 15 is 0 Å². The summed E-state index contributed by atoms with van der Waals surface area (Å²) in [6.45, 7) is 1.63. The molecule has 0 saturated heterocycles. The number of aromatic hydroxyl groups is 2. The largest absolute Gasteiger partial charge is 0.507 e. The third kappa shape index (κ3) is 1.72. The van der Waals surface area contributed by atoms with Gasteiger partial charge in [0.25, 0.3) is 0 Å². The van der Waals surface area contributed by atoms with Gasteiger partial charge < -0.3 is 19.7 Å². The van der Waals surface area contributed by atoms with Crippen molar-refractivity contribution < 1.29 is 29.3 Å². The number of ether oxygens (including phenoxy) is 2. The zero-order valence-corrected chi connectivity index (χ0v) is 11.4. The zero-order chi connectivity index (χ0) is 15.3. The quantitative estimate of drug-likeness (QED) is 0.764. The fourth-order valence-electron chi connectivity index (χ4n) is 2.51. The van der Waals surface area contributed by atoms with Gasteiger partial charge in [-0.05, 0) is 13.0 Å². The molecule has 0 spiro atoms. The highest BCUT2D eigenvalue weighted by Crippen LogP contribution is 2.44. The van der Waals surface area contributed by atoms with E-state index in [9.17, 15) is 19.8 Å². The number of benzene rings is 1. The highest BCUT2D eigenvalue weighted by Gasteiger charge is 2.38. The first-order chi connectivity index (χ1) is 9.95. The Bertz CT molecular complexity index is 754. The first-order valence-corrected chi connectivity index (χ1v) is 6.22. The minimum Gasteiger partial charge on any atom is -0.507 e. The molecule has 2 N–H and O–H groups in total. The van der Waals surface area contributed by atoms with Crippen molar-refractivity contribution in [1.29, 1.82) is 0 Å². The number of hydrogen-bond acceptors (Lipinski definition) is 6. The molecule has 0 radical (unpaired) electrons. The molecule has 1 aromatic rings. The van der Waals surface area contributed by atoms with E-state index in [1.807, 2.05) is 0 Å². The fraction of sp³-hybridized carbons (Fsp3) is 0.200. The maximum Gasteiger partial charge on any atom is 0.198 e. The van der Waals surface area contributed by atoms with Crippen molar-refractivity contribution in [2.45, 2.75) is 6.92 Å². The SMILES string of the molecule is COc1cc(O)c2c(c1O)C(=O)C1=C(COC(C)=C1)C2=O. The summed E-state index contributed by atoms with van der Waals surface area (Å²) in [5, 5.41) is 20.1. The number of methoxy groups -OCH3 is 1. The Morgan fingerprint density at radius 2 is 1.90 bits per heavy atom. The number of phenolic OH excluding ortho intramolecular Hbond substituents is 2. The second-order valence-electron chi connectivity index (χ2n) is 4.79. The predicted molar refractivity (Wildman–Crippen MR) is 71.7 cm³/mol. The summed E-state index contributed by atoms with van der Waals surface area (Å²) in [6.07, 6.45) is 1.46. The standard InChI is InChI=1S/C15H12O6/c1-6-3-7-8(5-21-6)14(18)11-9(16)4-10(20-2)15(19)12(11)13(7)17/h3-4,16,19H,5H2,1-2H3. The molecule has 1 heterocycles. The minimum atomic E-state index is -0.533. The number of Topliss-reactive ketones (excluding diaryl/α,β-unsaturated/α-hetero) is 2. The Morgan fingerprint density at radius 3 is 2.57 bits per heavy atom. The Balaban J connectivity index is 2.32.